The van der Waals surface area contributed by atoms with Crippen molar-refractivity contribution >= 4 is 51.2 Å². The molecule has 1 aromatic carbocycles. The fraction of sp³-hybridized carbons (Fsp3) is 0.294. The molecule has 3 rings (SSSR count). The van der Waals surface area contributed by atoms with Gasteiger partial charge in [-0.25, -0.2) is 4.79 Å². The minimum absolute atomic E-state index is 0.113. The summed E-state index contributed by atoms with van der Waals surface area (Å²) in [4.78, 5) is 24.2. The number of carbonyl (C=O) groups excluding carboxylic acids is 2. The first-order chi connectivity index (χ1) is 11.9. The number of rotatable bonds is 6. The molecule has 0 saturated carbocycles. The predicted octanol–water partition coefficient (Wildman–Crippen LogP) is 4.80. The van der Waals surface area contributed by atoms with Crippen LogP contribution in [-0.2, 0) is 20.3 Å². The van der Waals surface area contributed by atoms with Crippen LogP contribution in [0.15, 0.2) is 36.9 Å². The van der Waals surface area contributed by atoms with Gasteiger partial charge in [-0.15, -0.1) is 11.3 Å². The Balaban J connectivity index is 1.81. The van der Waals surface area contributed by atoms with Gasteiger partial charge in [-0.1, -0.05) is 18.7 Å². The van der Waals surface area contributed by atoms with E-state index in [-0.39, 0.29) is 18.7 Å². The molecule has 1 amide bonds. The van der Waals surface area contributed by atoms with Gasteiger partial charge in [-0.05, 0) is 46.8 Å². The fourth-order valence-electron chi connectivity index (χ4n) is 2.76. The average Bonchev–Trinajstić information content (AvgIpc) is 3.18. The Bertz CT molecular complexity index is 894. The zero-order valence-electron chi connectivity index (χ0n) is 13.4. The SMILES string of the molecule is C=CCOC(=O)c1cc2cc(CP(=O)(Cl)N3CCCC3=O)ccc2s1. The highest BCUT2D eigenvalue weighted by Crippen LogP contribution is 2.59. The zero-order valence-corrected chi connectivity index (χ0v) is 15.9. The van der Waals surface area contributed by atoms with Gasteiger partial charge in [0.05, 0.1) is 6.16 Å². The monoisotopic (exact) mass is 397 g/mol. The zero-order chi connectivity index (χ0) is 18.0. The van der Waals surface area contributed by atoms with E-state index in [1.54, 1.807) is 6.07 Å². The molecule has 0 radical (unpaired) electrons. The number of ether oxygens (including phenoxy) is 1. The highest BCUT2D eigenvalue weighted by atomic mass is 35.7. The maximum Gasteiger partial charge on any atom is 0.348 e. The van der Waals surface area contributed by atoms with Gasteiger partial charge in [0, 0.05) is 17.7 Å². The van der Waals surface area contributed by atoms with Gasteiger partial charge in [0.15, 0.2) is 0 Å². The molecule has 0 aliphatic carbocycles. The van der Waals surface area contributed by atoms with E-state index in [0.29, 0.717) is 24.3 Å². The van der Waals surface area contributed by atoms with E-state index in [0.717, 1.165) is 15.6 Å². The normalized spacial score (nSPS) is 16.8. The average molecular weight is 398 g/mol. The van der Waals surface area contributed by atoms with Crippen LogP contribution in [-0.4, -0.2) is 29.7 Å². The van der Waals surface area contributed by atoms with Crippen LogP contribution in [0.2, 0.25) is 0 Å². The third-order valence-corrected chi connectivity index (χ3v) is 7.80. The van der Waals surface area contributed by atoms with Gasteiger partial charge < -0.3 is 4.74 Å². The maximum atomic E-state index is 12.8. The van der Waals surface area contributed by atoms with Crippen molar-refractivity contribution in [1.82, 2.24) is 4.67 Å². The molecule has 1 aliphatic rings. The topological polar surface area (TPSA) is 63.7 Å². The van der Waals surface area contributed by atoms with Gasteiger partial charge >= 0.3 is 5.97 Å². The first-order valence-electron chi connectivity index (χ1n) is 7.81. The number of amides is 1. The van der Waals surface area contributed by atoms with Crippen LogP contribution in [0.3, 0.4) is 0 Å². The Kier molecular flexibility index (Phi) is 5.32. The summed E-state index contributed by atoms with van der Waals surface area (Å²) < 4.78 is 20.0. The quantitative estimate of drug-likeness (QED) is 0.399. The Morgan fingerprint density at radius 2 is 2.24 bits per heavy atom. The summed E-state index contributed by atoms with van der Waals surface area (Å²) in [5.74, 6) is -0.546. The molecule has 132 valence electrons. The number of fused-ring (bicyclic) bond motifs is 1. The second kappa shape index (κ2) is 7.32. The van der Waals surface area contributed by atoms with Crippen molar-refractivity contribution in [2.75, 3.05) is 13.2 Å². The van der Waals surface area contributed by atoms with Crippen LogP contribution >= 0.6 is 29.2 Å². The smallest absolute Gasteiger partial charge is 0.348 e. The molecule has 2 aromatic rings. The Hall–Kier alpha value is -1.62. The first-order valence-corrected chi connectivity index (χ1v) is 11.4. The minimum atomic E-state index is -3.27. The van der Waals surface area contributed by atoms with E-state index in [1.807, 2.05) is 18.2 Å². The van der Waals surface area contributed by atoms with Gasteiger partial charge in [-0.3, -0.25) is 14.0 Å². The number of carbonyl (C=O) groups is 2. The van der Waals surface area contributed by atoms with Crippen molar-refractivity contribution in [2.45, 2.75) is 19.0 Å². The lowest BCUT2D eigenvalue weighted by Gasteiger charge is -2.22. The number of thiophene rings is 1. The summed E-state index contributed by atoms with van der Waals surface area (Å²) in [7, 11) is 0. The number of hydrogen-bond donors (Lipinski definition) is 0. The highest BCUT2D eigenvalue weighted by Gasteiger charge is 2.35. The molecule has 0 N–H and O–H groups in total. The lowest BCUT2D eigenvalue weighted by atomic mass is 10.2. The third kappa shape index (κ3) is 3.97. The van der Waals surface area contributed by atoms with Crippen LogP contribution in [0.1, 0.15) is 28.1 Å². The van der Waals surface area contributed by atoms with Crippen molar-refractivity contribution in [3.63, 3.8) is 0 Å². The van der Waals surface area contributed by atoms with Crippen molar-refractivity contribution in [3.05, 3.63) is 47.4 Å². The third-order valence-electron chi connectivity index (χ3n) is 3.90. The molecule has 0 bridgehead atoms. The second-order valence-corrected chi connectivity index (χ2v) is 10.5. The van der Waals surface area contributed by atoms with Crippen molar-refractivity contribution in [2.24, 2.45) is 0 Å². The first kappa shape index (κ1) is 18.2. The summed E-state index contributed by atoms with van der Waals surface area (Å²) in [5.41, 5.74) is 0.773. The van der Waals surface area contributed by atoms with E-state index in [2.05, 4.69) is 6.58 Å². The number of benzene rings is 1. The van der Waals surface area contributed by atoms with Crippen LogP contribution in [0.4, 0.5) is 0 Å². The van der Waals surface area contributed by atoms with E-state index < -0.39 is 12.6 Å². The molecule has 25 heavy (non-hydrogen) atoms. The molecule has 0 spiro atoms. The summed E-state index contributed by atoms with van der Waals surface area (Å²) in [6.07, 6.45) is 2.72. The molecular formula is C17H17ClNO4PS. The summed E-state index contributed by atoms with van der Waals surface area (Å²) in [6.45, 7) is 0.854. The standard InChI is InChI=1S/C17H17ClNO4PS/c1-2-8-23-17(21)15-10-13-9-12(5-6-14(13)25-15)11-24(18,22)19-7-3-4-16(19)20/h2,5-6,9-10H,1,3-4,7-8,11H2. The van der Waals surface area contributed by atoms with E-state index in [9.17, 15) is 14.2 Å². The van der Waals surface area contributed by atoms with Crippen molar-refractivity contribution in [1.29, 1.82) is 0 Å². The molecule has 2 heterocycles. The van der Waals surface area contributed by atoms with Gasteiger partial charge in [-0.2, -0.15) is 0 Å². The predicted molar refractivity (Wildman–Crippen MR) is 100 cm³/mol. The van der Waals surface area contributed by atoms with Crippen molar-refractivity contribution < 1.29 is 18.9 Å². The number of nitrogens with zero attached hydrogens (tertiary/aromatic N) is 1. The molecule has 1 fully saturated rings. The summed E-state index contributed by atoms with van der Waals surface area (Å²) in [6, 6.07) is 7.29. The maximum absolute atomic E-state index is 12.8. The van der Waals surface area contributed by atoms with Crippen LogP contribution in [0, 0.1) is 0 Å². The van der Waals surface area contributed by atoms with E-state index >= 15 is 0 Å². The Morgan fingerprint density at radius 3 is 2.92 bits per heavy atom. The van der Waals surface area contributed by atoms with E-state index in [1.165, 1.54) is 22.1 Å². The van der Waals surface area contributed by atoms with E-state index in [4.69, 9.17) is 16.0 Å². The molecule has 8 heteroatoms. The molecule has 1 saturated heterocycles. The second-order valence-electron chi connectivity index (χ2n) is 5.76. The van der Waals surface area contributed by atoms with Gasteiger partial charge in [0.25, 0.3) is 6.65 Å². The molecular weight excluding hydrogens is 381 g/mol. The lowest BCUT2D eigenvalue weighted by Crippen LogP contribution is -2.19. The van der Waals surface area contributed by atoms with Gasteiger partial charge in [0.2, 0.25) is 5.91 Å². The minimum Gasteiger partial charge on any atom is -0.457 e. The number of esters is 1. The Labute approximate surface area is 154 Å². The fourth-order valence-corrected chi connectivity index (χ4v) is 6.28. The highest BCUT2D eigenvalue weighted by molar-refractivity contribution is 7.87. The molecule has 1 atom stereocenters. The number of halogens is 1. The van der Waals surface area contributed by atoms with Crippen LogP contribution in [0.5, 0.6) is 0 Å². The summed E-state index contributed by atoms with van der Waals surface area (Å²) in [5, 5.41) is 0.859. The lowest BCUT2D eigenvalue weighted by molar-refractivity contribution is -0.123. The number of hydrogen-bond acceptors (Lipinski definition) is 5. The summed E-state index contributed by atoms with van der Waals surface area (Å²) >= 11 is 7.55. The van der Waals surface area contributed by atoms with Crippen LogP contribution < -0.4 is 0 Å². The molecule has 1 aliphatic heterocycles. The molecule has 5 nitrogen and oxygen atoms in total. The Morgan fingerprint density at radius 1 is 1.44 bits per heavy atom. The largest absolute Gasteiger partial charge is 0.457 e. The van der Waals surface area contributed by atoms with Crippen molar-refractivity contribution in [3.8, 4) is 0 Å². The molecule has 1 unspecified atom stereocenters. The molecule has 1 aromatic heterocycles. The van der Waals surface area contributed by atoms with Crippen LogP contribution in [0.25, 0.3) is 10.1 Å². The van der Waals surface area contributed by atoms with Gasteiger partial charge in [0.1, 0.15) is 11.5 Å².